The van der Waals surface area contributed by atoms with Gasteiger partial charge in [-0.2, -0.15) is 0 Å². The molecule has 56 heavy (non-hydrogen) atoms. The molecular formula is C38H47N2O15S+. The first-order chi connectivity index (χ1) is 26.4. The summed E-state index contributed by atoms with van der Waals surface area (Å²) in [6.45, 7) is 9.11. The highest BCUT2D eigenvalue weighted by Gasteiger charge is 2.88. The van der Waals surface area contributed by atoms with Crippen molar-refractivity contribution < 1.29 is 70.7 Å². The van der Waals surface area contributed by atoms with Gasteiger partial charge in [-0.15, -0.1) is 0 Å². The monoisotopic (exact) mass is 803 g/mol. The summed E-state index contributed by atoms with van der Waals surface area (Å²) in [7, 11) is -4.25. The summed E-state index contributed by atoms with van der Waals surface area (Å²) >= 11 is 0. The van der Waals surface area contributed by atoms with Gasteiger partial charge in [-0.3, -0.25) is 19.2 Å². The van der Waals surface area contributed by atoms with Crippen molar-refractivity contribution in [3.8, 4) is 5.88 Å². The van der Waals surface area contributed by atoms with Crippen molar-refractivity contribution >= 4 is 33.5 Å². The standard InChI is InChI=1S/C38H47N2O15S/c1-21-24-12-13-25-36-20-52-38(46,31(45)29(36)35(3,4)17-16-26(36)53-22(2)41)37(25,30(21)44)32(24)54-28(43)15-14-27(42)50-18-8-9-19-51-33-34(40(47)55-39-33)56(48,49)23-10-6-5-7-11-23/h5-7,10-11,24-26,29,31-32,39,45-46H,1,8-9,12-20H2,2-4H3/q+1/t24-,25-,26?,29+,31-,32+,36+,37-,38-/m0/s1. The van der Waals surface area contributed by atoms with E-state index in [0.29, 0.717) is 32.1 Å². The fourth-order valence-corrected chi connectivity index (χ4v) is 12.0. The fourth-order valence-electron chi connectivity index (χ4n) is 10.7. The van der Waals surface area contributed by atoms with E-state index in [1.807, 2.05) is 13.8 Å². The molecule has 0 radical (unpaired) electrons. The number of aliphatic hydroxyl groups is 2. The van der Waals surface area contributed by atoms with Gasteiger partial charge in [0.15, 0.2) is 5.78 Å². The number of aliphatic hydroxyl groups excluding tert-OH is 1. The number of carbonyl (C=O) groups is 4. The summed E-state index contributed by atoms with van der Waals surface area (Å²) in [5.41, 5.74) is -3.36. The Morgan fingerprint density at radius 3 is 2.45 bits per heavy atom. The van der Waals surface area contributed by atoms with Crippen LogP contribution in [0.15, 0.2) is 57.0 Å². The first-order valence-electron chi connectivity index (χ1n) is 18.8. The van der Waals surface area contributed by atoms with Crippen molar-refractivity contribution in [2.45, 2.75) is 106 Å². The lowest BCUT2D eigenvalue weighted by molar-refractivity contribution is -0.744. The van der Waals surface area contributed by atoms with E-state index in [9.17, 15) is 42.7 Å². The molecule has 17 nitrogen and oxygen atoms in total. The van der Waals surface area contributed by atoms with Gasteiger partial charge in [0.1, 0.15) is 23.7 Å². The van der Waals surface area contributed by atoms with Crippen molar-refractivity contribution in [1.82, 2.24) is 5.16 Å². The topological polar surface area (TPSA) is 241 Å². The number of H-pyrrole nitrogens is 1. The number of nitrogens with zero attached hydrogens (tertiary/aromatic N) is 1. The van der Waals surface area contributed by atoms with E-state index in [0.717, 1.165) is 0 Å². The predicted molar refractivity (Wildman–Crippen MR) is 187 cm³/mol. The van der Waals surface area contributed by atoms with Gasteiger partial charge in [-0.25, -0.2) is 8.42 Å². The number of sulfone groups is 1. The van der Waals surface area contributed by atoms with Crippen molar-refractivity contribution in [1.29, 1.82) is 0 Å². The summed E-state index contributed by atoms with van der Waals surface area (Å²) in [5.74, 6) is -7.38. The molecule has 4 saturated carbocycles. The maximum atomic E-state index is 14.4. The number of benzene rings is 1. The molecule has 2 spiro atoms. The van der Waals surface area contributed by atoms with Gasteiger partial charge in [0, 0.05) is 24.2 Å². The number of carbonyl (C=O) groups excluding carboxylic acids is 4. The van der Waals surface area contributed by atoms with E-state index in [1.54, 1.807) is 6.07 Å². The molecule has 2 saturated heterocycles. The smallest absolute Gasteiger partial charge is 0.404 e. The quantitative estimate of drug-likeness (QED) is 0.114. The van der Waals surface area contributed by atoms with Gasteiger partial charge in [0.05, 0.1) is 37.6 Å². The third-order valence-electron chi connectivity index (χ3n) is 12.9. The summed E-state index contributed by atoms with van der Waals surface area (Å²) in [5, 5.41) is 25.9. The number of unbranched alkanes of at least 4 members (excludes halogenated alkanes) is 1. The minimum absolute atomic E-state index is 0.0571. The molecule has 1 aromatic heterocycles. The van der Waals surface area contributed by atoms with Crippen molar-refractivity contribution in [3.63, 3.8) is 0 Å². The number of ketones is 1. The number of hydrogen-bond donors (Lipinski definition) is 3. The molecule has 9 atom stereocenters. The summed E-state index contributed by atoms with van der Waals surface area (Å²) in [6.07, 6.45) is -1.89. The summed E-state index contributed by atoms with van der Waals surface area (Å²) < 4.78 is 59.0. The molecule has 304 valence electrons. The van der Waals surface area contributed by atoms with Crippen LogP contribution in [0.2, 0.25) is 0 Å². The molecule has 3 N–H and O–H groups in total. The van der Waals surface area contributed by atoms with Crippen molar-refractivity contribution in [3.05, 3.63) is 47.4 Å². The third-order valence-corrected chi connectivity index (χ3v) is 14.6. The van der Waals surface area contributed by atoms with Gasteiger partial charge in [-0.05, 0) is 77.6 Å². The number of Topliss-reactive ketones (excluding diaryl/α,β-unsaturated/α-hetero) is 1. The number of hydrogen-bond acceptors (Lipinski definition) is 15. The zero-order chi connectivity index (χ0) is 40.4. The number of aromatic amines is 1. The number of ether oxygens (including phenoxy) is 5. The first-order valence-corrected chi connectivity index (χ1v) is 20.3. The molecule has 8 rings (SSSR count). The second-order valence-corrected chi connectivity index (χ2v) is 18.1. The van der Waals surface area contributed by atoms with Gasteiger partial charge >= 0.3 is 28.8 Å². The van der Waals surface area contributed by atoms with Gasteiger partial charge in [-0.1, -0.05) is 43.3 Å². The summed E-state index contributed by atoms with van der Waals surface area (Å²) in [4.78, 5) is 64.8. The summed E-state index contributed by atoms with van der Waals surface area (Å²) in [6, 6.07) is 7.29. The molecule has 18 heteroatoms. The Balaban J connectivity index is 0.968. The number of esters is 3. The van der Waals surface area contributed by atoms with Crippen LogP contribution < -0.4 is 9.34 Å². The lowest BCUT2D eigenvalue weighted by Gasteiger charge is -2.74. The van der Waals surface area contributed by atoms with Gasteiger partial charge in [0.2, 0.25) is 10.4 Å². The second kappa shape index (κ2) is 14.2. The highest BCUT2D eigenvalue weighted by molar-refractivity contribution is 7.91. The van der Waals surface area contributed by atoms with Crippen LogP contribution in [0.4, 0.5) is 0 Å². The van der Waals surface area contributed by atoms with E-state index in [2.05, 4.69) is 16.4 Å². The zero-order valence-corrected chi connectivity index (χ0v) is 32.2. The average molecular weight is 804 g/mol. The Morgan fingerprint density at radius 2 is 1.73 bits per heavy atom. The Bertz CT molecular complexity index is 2090. The number of aromatic nitrogens is 2. The Kier molecular flexibility index (Phi) is 10.1. The molecule has 1 unspecified atom stereocenters. The SMILES string of the molecule is C=C1C(=O)[C@]23[C@H](OC(=O)CCC(=O)OCCCCOc4[nH]o[n+](=O)c4S(=O)(=O)c4ccccc4)[C@H]1CC[C@H]2[C@@]12CO[C@@]3(O)[C@@H](O)[C@@H]1C(C)(C)CCC2OC(C)=O. The fraction of sp³-hybridized carbons (Fsp3) is 0.632. The average Bonchev–Trinajstić information content (AvgIpc) is 3.58. The van der Waals surface area contributed by atoms with E-state index >= 15 is 0 Å². The van der Waals surface area contributed by atoms with Crippen LogP contribution in [0.25, 0.3) is 0 Å². The van der Waals surface area contributed by atoms with Crippen molar-refractivity contribution in [2.75, 3.05) is 19.8 Å². The molecule has 6 aliphatic rings. The van der Waals surface area contributed by atoms with Crippen LogP contribution >= 0.6 is 0 Å². The highest BCUT2D eigenvalue weighted by Crippen LogP contribution is 2.77. The van der Waals surface area contributed by atoms with E-state index in [4.69, 9.17) is 23.7 Å². The molecule has 4 aliphatic carbocycles. The van der Waals surface area contributed by atoms with Crippen LogP contribution in [-0.2, 0) is 48.0 Å². The van der Waals surface area contributed by atoms with Crippen LogP contribution in [0.5, 0.6) is 5.88 Å². The normalized spacial score (nSPS) is 33.9. The number of fused-ring (bicyclic) bond motifs is 2. The Hall–Kier alpha value is -4.39. The maximum absolute atomic E-state index is 14.4. The first kappa shape index (κ1) is 39.8. The molecule has 1 aromatic carbocycles. The zero-order valence-electron chi connectivity index (χ0n) is 31.4. The van der Waals surface area contributed by atoms with Crippen LogP contribution in [0, 0.1) is 38.9 Å². The van der Waals surface area contributed by atoms with E-state index in [1.165, 1.54) is 31.2 Å². The third kappa shape index (κ3) is 5.85. The predicted octanol–water partition coefficient (Wildman–Crippen LogP) is 2.35. The maximum Gasteiger partial charge on any atom is 0.404 e. The van der Waals surface area contributed by atoms with E-state index in [-0.39, 0.29) is 53.6 Å². The molecule has 3 heterocycles. The minimum atomic E-state index is -4.25. The minimum Gasteiger partial charge on any atom is -0.466 e. The van der Waals surface area contributed by atoms with E-state index < -0.39 is 103 Å². The molecule has 2 aromatic rings. The lowest BCUT2D eigenvalue weighted by Crippen LogP contribution is -2.86. The number of nitrogens with one attached hydrogen (secondary N) is 1. The lowest BCUT2D eigenvalue weighted by atomic mass is 9.35. The van der Waals surface area contributed by atoms with Gasteiger partial charge < -0.3 is 33.9 Å². The molecule has 4 bridgehead atoms. The second-order valence-electron chi connectivity index (χ2n) is 16.2. The largest absolute Gasteiger partial charge is 0.466 e. The van der Waals surface area contributed by atoms with Crippen LogP contribution in [0.3, 0.4) is 0 Å². The number of rotatable bonds is 13. The van der Waals surface area contributed by atoms with Gasteiger partial charge in [0.25, 0.3) is 9.84 Å². The highest BCUT2D eigenvalue weighted by atomic mass is 32.2. The van der Waals surface area contributed by atoms with Crippen LogP contribution in [-0.4, -0.2) is 91.4 Å². The molecule has 6 fully saturated rings. The Morgan fingerprint density at radius 1 is 1.04 bits per heavy atom. The molecular weight excluding hydrogens is 756 g/mol. The molecule has 2 aliphatic heterocycles. The van der Waals surface area contributed by atoms with Crippen LogP contribution in [0.1, 0.15) is 72.1 Å². The molecule has 0 amide bonds. The Labute approximate surface area is 322 Å². The van der Waals surface area contributed by atoms with Crippen molar-refractivity contribution in [2.24, 2.45) is 34.0 Å².